The third-order valence-electron chi connectivity index (χ3n) is 4.20. The fourth-order valence-electron chi connectivity index (χ4n) is 3.24. The average Bonchev–Trinajstić information content (AvgIpc) is 2.92. The summed E-state index contributed by atoms with van der Waals surface area (Å²) in [5.74, 6) is 0. The van der Waals surface area contributed by atoms with Crippen molar-refractivity contribution in [1.29, 1.82) is 0 Å². The van der Waals surface area contributed by atoms with Gasteiger partial charge in [0.1, 0.15) is 0 Å². The van der Waals surface area contributed by atoms with Gasteiger partial charge in [-0.25, -0.2) is 0 Å². The molecule has 2 atom stereocenters. The van der Waals surface area contributed by atoms with E-state index in [1.54, 1.807) is 0 Å². The monoisotopic (exact) mass is 219 g/mol. The molecule has 3 heteroatoms. The summed E-state index contributed by atoms with van der Waals surface area (Å²) in [7, 11) is 2.12. The van der Waals surface area contributed by atoms with Gasteiger partial charge in [0, 0.05) is 44.1 Å². The molecule has 1 aromatic heterocycles. The lowest BCUT2D eigenvalue weighted by molar-refractivity contribution is 0.298. The van der Waals surface area contributed by atoms with Gasteiger partial charge in [0.15, 0.2) is 0 Å². The Bertz CT molecular complexity index is 358. The van der Waals surface area contributed by atoms with Crippen molar-refractivity contribution in [1.82, 2.24) is 14.8 Å². The Morgan fingerprint density at radius 1 is 1.38 bits per heavy atom. The van der Waals surface area contributed by atoms with Crippen LogP contribution in [-0.4, -0.2) is 34.6 Å². The standard InChI is InChI=1S/C13H21N3/c1-15-7-2-4-11(15)10-14-12-6-9-16-8-3-5-13(12)16/h2,4,7,12-14H,3,5-6,8-10H2,1H3. The predicted molar refractivity (Wildman–Crippen MR) is 65.3 cm³/mol. The van der Waals surface area contributed by atoms with Gasteiger partial charge in [-0.1, -0.05) is 0 Å². The van der Waals surface area contributed by atoms with Crippen LogP contribution in [0.25, 0.3) is 0 Å². The second-order valence-electron chi connectivity index (χ2n) is 5.13. The molecule has 0 aromatic carbocycles. The minimum atomic E-state index is 0.720. The van der Waals surface area contributed by atoms with E-state index in [2.05, 4.69) is 40.2 Å². The third-order valence-corrected chi connectivity index (χ3v) is 4.20. The highest BCUT2D eigenvalue weighted by atomic mass is 15.2. The molecule has 1 aromatic rings. The van der Waals surface area contributed by atoms with Gasteiger partial charge in [0.25, 0.3) is 0 Å². The number of rotatable bonds is 3. The normalized spacial score (nSPS) is 29.8. The Hall–Kier alpha value is -0.800. The van der Waals surface area contributed by atoms with Crippen LogP contribution in [0.15, 0.2) is 18.3 Å². The fraction of sp³-hybridized carbons (Fsp3) is 0.692. The van der Waals surface area contributed by atoms with Gasteiger partial charge in [-0.05, 0) is 37.9 Å². The zero-order valence-electron chi connectivity index (χ0n) is 10.0. The summed E-state index contributed by atoms with van der Waals surface area (Å²) in [4.78, 5) is 2.66. The number of aryl methyl sites for hydroxylation is 1. The maximum absolute atomic E-state index is 3.73. The second-order valence-corrected chi connectivity index (χ2v) is 5.13. The summed E-state index contributed by atoms with van der Waals surface area (Å²) in [6.45, 7) is 3.64. The highest BCUT2D eigenvalue weighted by Crippen LogP contribution is 2.27. The summed E-state index contributed by atoms with van der Waals surface area (Å²) in [5.41, 5.74) is 1.39. The van der Waals surface area contributed by atoms with Gasteiger partial charge in [-0.15, -0.1) is 0 Å². The molecule has 0 amide bonds. The Morgan fingerprint density at radius 2 is 2.31 bits per heavy atom. The molecule has 3 rings (SSSR count). The number of aromatic nitrogens is 1. The maximum atomic E-state index is 3.73. The number of nitrogens with zero attached hydrogens (tertiary/aromatic N) is 2. The largest absolute Gasteiger partial charge is 0.353 e. The molecule has 2 unspecified atom stereocenters. The molecular formula is C13H21N3. The lowest BCUT2D eigenvalue weighted by Crippen LogP contribution is -2.38. The van der Waals surface area contributed by atoms with Gasteiger partial charge < -0.3 is 9.88 Å². The van der Waals surface area contributed by atoms with E-state index >= 15 is 0 Å². The smallest absolute Gasteiger partial charge is 0.0362 e. The zero-order valence-corrected chi connectivity index (χ0v) is 10.0. The Labute approximate surface area is 97.4 Å². The van der Waals surface area contributed by atoms with E-state index < -0.39 is 0 Å². The molecule has 16 heavy (non-hydrogen) atoms. The molecule has 0 spiro atoms. The average molecular weight is 219 g/mol. The molecule has 88 valence electrons. The molecular weight excluding hydrogens is 198 g/mol. The van der Waals surface area contributed by atoms with E-state index in [9.17, 15) is 0 Å². The molecule has 2 saturated heterocycles. The summed E-state index contributed by atoms with van der Waals surface area (Å²) < 4.78 is 2.20. The minimum absolute atomic E-state index is 0.720. The highest BCUT2D eigenvalue weighted by molar-refractivity contribution is 5.07. The first-order valence-corrected chi connectivity index (χ1v) is 6.42. The third kappa shape index (κ3) is 1.78. The van der Waals surface area contributed by atoms with Crippen LogP contribution in [0.3, 0.4) is 0 Å². The predicted octanol–water partition coefficient (Wildman–Crippen LogP) is 1.35. The van der Waals surface area contributed by atoms with Crippen molar-refractivity contribution in [3.63, 3.8) is 0 Å². The van der Waals surface area contributed by atoms with Crippen LogP contribution in [0, 0.1) is 0 Å². The van der Waals surface area contributed by atoms with Crippen LogP contribution >= 0.6 is 0 Å². The van der Waals surface area contributed by atoms with E-state index in [0.29, 0.717) is 0 Å². The number of fused-ring (bicyclic) bond motifs is 1. The van der Waals surface area contributed by atoms with Crippen molar-refractivity contribution in [2.45, 2.75) is 37.9 Å². The van der Waals surface area contributed by atoms with Crippen molar-refractivity contribution in [3.05, 3.63) is 24.0 Å². The number of hydrogen-bond acceptors (Lipinski definition) is 2. The van der Waals surface area contributed by atoms with Crippen LogP contribution < -0.4 is 5.32 Å². The number of nitrogens with one attached hydrogen (secondary N) is 1. The van der Waals surface area contributed by atoms with Gasteiger partial charge in [0.05, 0.1) is 0 Å². The van der Waals surface area contributed by atoms with Gasteiger partial charge in [0.2, 0.25) is 0 Å². The first-order valence-electron chi connectivity index (χ1n) is 6.42. The lowest BCUT2D eigenvalue weighted by atomic mass is 10.1. The van der Waals surface area contributed by atoms with E-state index in [0.717, 1.165) is 18.6 Å². The molecule has 2 aliphatic rings. The van der Waals surface area contributed by atoms with Crippen LogP contribution in [0.1, 0.15) is 25.0 Å². The lowest BCUT2D eigenvalue weighted by Gasteiger charge is -2.21. The first-order chi connectivity index (χ1) is 7.84. The quantitative estimate of drug-likeness (QED) is 0.828. The topological polar surface area (TPSA) is 20.2 Å². The Morgan fingerprint density at radius 3 is 3.12 bits per heavy atom. The van der Waals surface area contributed by atoms with Crippen molar-refractivity contribution in [2.75, 3.05) is 13.1 Å². The summed E-state index contributed by atoms with van der Waals surface area (Å²) in [5, 5.41) is 3.73. The van der Waals surface area contributed by atoms with Crippen LogP contribution in [-0.2, 0) is 13.6 Å². The van der Waals surface area contributed by atoms with Gasteiger partial charge in [-0.3, -0.25) is 4.90 Å². The molecule has 0 aliphatic carbocycles. The second kappa shape index (κ2) is 4.22. The molecule has 0 radical (unpaired) electrons. The Balaban J connectivity index is 1.58. The highest BCUT2D eigenvalue weighted by Gasteiger charge is 2.36. The fourth-order valence-corrected chi connectivity index (χ4v) is 3.24. The minimum Gasteiger partial charge on any atom is -0.353 e. The van der Waals surface area contributed by atoms with Crippen LogP contribution in [0.2, 0.25) is 0 Å². The van der Waals surface area contributed by atoms with Crippen molar-refractivity contribution in [2.24, 2.45) is 7.05 Å². The van der Waals surface area contributed by atoms with Crippen LogP contribution in [0.5, 0.6) is 0 Å². The first kappa shape index (κ1) is 10.4. The van der Waals surface area contributed by atoms with Crippen molar-refractivity contribution < 1.29 is 0 Å². The summed E-state index contributed by atoms with van der Waals surface area (Å²) >= 11 is 0. The van der Waals surface area contributed by atoms with E-state index in [4.69, 9.17) is 0 Å². The van der Waals surface area contributed by atoms with Crippen molar-refractivity contribution in [3.8, 4) is 0 Å². The van der Waals surface area contributed by atoms with E-state index in [1.165, 1.54) is 38.0 Å². The number of hydrogen-bond donors (Lipinski definition) is 1. The zero-order chi connectivity index (χ0) is 11.0. The van der Waals surface area contributed by atoms with Crippen LogP contribution in [0.4, 0.5) is 0 Å². The van der Waals surface area contributed by atoms with E-state index in [-0.39, 0.29) is 0 Å². The molecule has 0 saturated carbocycles. The molecule has 0 bridgehead atoms. The maximum Gasteiger partial charge on any atom is 0.0362 e. The molecule has 3 nitrogen and oxygen atoms in total. The summed E-state index contributed by atoms with van der Waals surface area (Å²) in [6, 6.07) is 5.86. The molecule has 1 N–H and O–H groups in total. The molecule has 2 aliphatic heterocycles. The van der Waals surface area contributed by atoms with E-state index in [1.807, 2.05) is 0 Å². The summed E-state index contributed by atoms with van der Waals surface area (Å²) in [6.07, 6.45) is 6.24. The molecule has 3 heterocycles. The van der Waals surface area contributed by atoms with Gasteiger partial charge in [-0.2, -0.15) is 0 Å². The van der Waals surface area contributed by atoms with Crippen molar-refractivity contribution >= 4 is 0 Å². The molecule has 2 fully saturated rings. The Kier molecular flexibility index (Phi) is 2.74. The SMILES string of the molecule is Cn1cccc1CNC1CCN2CCCC12. The van der Waals surface area contributed by atoms with Gasteiger partial charge >= 0.3 is 0 Å².